The minimum Gasteiger partial charge on any atom is -0.394 e. The summed E-state index contributed by atoms with van der Waals surface area (Å²) in [5, 5.41) is 11.9. The van der Waals surface area contributed by atoms with E-state index in [-0.39, 0.29) is 12.0 Å². The molecule has 0 aromatic heterocycles. The van der Waals surface area contributed by atoms with E-state index < -0.39 is 0 Å². The second-order valence-corrected chi connectivity index (χ2v) is 5.26. The fraction of sp³-hybridized carbons (Fsp3) is 1.00. The second-order valence-electron chi connectivity index (χ2n) is 5.26. The number of likely N-dealkylation sites (N-methyl/N-ethyl adjacent to an activating group) is 1. The Hall–Kier alpha value is -0.200. The Labute approximate surface area is 110 Å². The number of hydrogen-bond donors (Lipinski definition) is 2. The van der Waals surface area contributed by atoms with E-state index in [1.54, 1.807) is 0 Å². The number of aliphatic hydroxyl groups is 1. The molecular weight excluding hydrogens is 232 g/mol. The molecule has 0 aliphatic carbocycles. The van der Waals surface area contributed by atoms with Gasteiger partial charge in [0, 0.05) is 31.7 Å². The van der Waals surface area contributed by atoms with Crippen LogP contribution in [0.5, 0.6) is 0 Å². The SMILES string of the molecule is CNCC1(CN(C)CCOCCO)CCCOC1. The van der Waals surface area contributed by atoms with Gasteiger partial charge in [-0.2, -0.15) is 0 Å². The Kier molecular flexibility index (Phi) is 7.77. The summed E-state index contributed by atoms with van der Waals surface area (Å²) < 4.78 is 10.9. The Morgan fingerprint density at radius 1 is 1.44 bits per heavy atom. The van der Waals surface area contributed by atoms with Crippen LogP contribution in [0.3, 0.4) is 0 Å². The molecule has 1 saturated heterocycles. The lowest BCUT2D eigenvalue weighted by atomic mass is 9.82. The summed E-state index contributed by atoms with van der Waals surface area (Å²) in [6, 6.07) is 0. The monoisotopic (exact) mass is 260 g/mol. The topological polar surface area (TPSA) is 54.0 Å². The van der Waals surface area contributed by atoms with Gasteiger partial charge in [-0.05, 0) is 26.9 Å². The van der Waals surface area contributed by atoms with Crippen molar-refractivity contribution in [1.29, 1.82) is 0 Å². The summed E-state index contributed by atoms with van der Waals surface area (Å²) in [4.78, 5) is 2.30. The highest BCUT2D eigenvalue weighted by Gasteiger charge is 2.33. The lowest BCUT2D eigenvalue weighted by molar-refractivity contribution is -0.0255. The molecule has 1 unspecified atom stereocenters. The molecule has 108 valence electrons. The highest BCUT2D eigenvalue weighted by molar-refractivity contribution is 4.86. The first-order chi connectivity index (χ1) is 8.72. The van der Waals surface area contributed by atoms with Crippen LogP contribution in [0, 0.1) is 5.41 Å². The zero-order valence-corrected chi connectivity index (χ0v) is 11.8. The Balaban J connectivity index is 2.30. The van der Waals surface area contributed by atoms with Crippen LogP contribution in [0.4, 0.5) is 0 Å². The van der Waals surface area contributed by atoms with Crippen LogP contribution in [-0.2, 0) is 9.47 Å². The van der Waals surface area contributed by atoms with E-state index in [0.717, 1.165) is 39.3 Å². The molecule has 5 nitrogen and oxygen atoms in total. The van der Waals surface area contributed by atoms with Gasteiger partial charge in [0.15, 0.2) is 0 Å². The number of nitrogens with one attached hydrogen (secondary N) is 1. The lowest BCUT2D eigenvalue weighted by Gasteiger charge is -2.39. The van der Waals surface area contributed by atoms with Crippen molar-refractivity contribution in [2.45, 2.75) is 12.8 Å². The third-order valence-corrected chi connectivity index (χ3v) is 3.41. The van der Waals surface area contributed by atoms with E-state index in [9.17, 15) is 0 Å². The van der Waals surface area contributed by atoms with Crippen molar-refractivity contribution >= 4 is 0 Å². The van der Waals surface area contributed by atoms with Crippen molar-refractivity contribution < 1.29 is 14.6 Å². The number of ether oxygens (including phenoxy) is 2. The van der Waals surface area contributed by atoms with Gasteiger partial charge in [0.1, 0.15) is 0 Å². The van der Waals surface area contributed by atoms with Crippen LogP contribution >= 0.6 is 0 Å². The minimum atomic E-state index is 0.0985. The largest absolute Gasteiger partial charge is 0.394 e. The number of hydrogen-bond acceptors (Lipinski definition) is 5. The van der Waals surface area contributed by atoms with Gasteiger partial charge in [-0.25, -0.2) is 0 Å². The van der Waals surface area contributed by atoms with Crippen molar-refractivity contribution in [2.24, 2.45) is 5.41 Å². The molecule has 0 spiro atoms. The van der Waals surface area contributed by atoms with E-state index in [1.807, 2.05) is 7.05 Å². The van der Waals surface area contributed by atoms with E-state index in [1.165, 1.54) is 6.42 Å². The Bertz CT molecular complexity index is 203. The van der Waals surface area contributed by atoms with Crippen molar-refractivity contribution in [1.82, 2.24) is 10.2 Å². The minimum absolute atomic E-state index is 0.0985. The molecule has 0 amide bonds. The maximum Gasteiger partial charge on any atom is 0.0698 e. The van der Waals surface area contributed by atoms with Gasteiger partial charge in [-0.3, -0.25) is 0 Å². The number of nitrogens with zero attached hydrogens (tertiary/aromatic N) is 1. The molecule has 0 radical (unpaired) electrons. The first-order valence-corrected chi connectivity index (χ1v) is 6.82. The molecule has 2 N–H and O–H groups in total. The van der Waals surface area contributed by atoms with Gasteiger partial charge in [0.2, 0.25) is 0 Å². The molecule has 18 heavy (non-hydrogen) atoms. The molecule has 1 rings (SSSR count). The Morgan fingerprint density at radius 2 is 2.28 bits per heavy atom. The molecule has 1 atom stereocenters. The predicted molar refractivity (Wildman–Crippen MR) is 71.8 cm³/mol. The smallest absolute Gasteiger partial charge is 0.0698 e. The molecule has 0 bridgehead atoms. The van der Waals surface area contributed by atoms with E-state index in [0.29, 0.717) is 13.2 Å². The molecule has 0 aromatic rings. The number of aliphatic hydroxyl groups excluding tert-OH is 1. The molecule has 0 aromatic carbocycles. The normalized spacial score (nSPS) is 24.7. The van der Waals surface area contributed by atoms with Crippen LogP contribution in [0.1, 0.15) is 12.8 Å². The molecular formula is C13H28N2O3. The second kappa shape index (κ2) is 8.82. The summed E-state index contributed by atoms with van der Waals surface area (Å²) >= 11 is 0. The summed E-state index contributed by atoms with van der Waals surface area (Å²) in [5.41, 5.74) is 0.235. The quantitative estimate of drug-likeness (QED) is 0.569. The zero-order valence-electron chi connectivity index (χ0n) is 11.8. The van der Waals surface area contributed by atoms with Crippen LogP contribution in [0.2, 0.25) is 0 Å². The maximum atomic E-state index is 8.64. The molecule has 5 heteroatoms. The van der Waals surface area contributed by atoms with Gasteiger partial charge >= 0.3 is 0 Å². The van der Waals surface area contributed by atoms with Gasteiger partial charge in [0.25, 0.3) is 0 Å². The summed E-state index contributed by atoms with van der Waals surface area (Å²) in [5.74, 6) is 0. The zero-order chi connectivity index (χ0) is 13.3. The summed E-state index contributed by atoms with van der Waals surface area (Å²) in [6.45, 7) is 5.86. The van der Waals surface area contributed by atoms with E-state index in [4.69, 9.17) is 14.6 Å². The van der Waals surface area contributed by atoms with Crippen molar-refractivity contribution in [3.05, 3.63) is 0 Å². The van der Waals surface area contributed by atoms with Gasteiger partial charge < -0.3 is 24.8 Å². The van der Waals surface area contributed by atoms with Crippen molar-refractivity contribution in [2.75, 3.05) is 66.8 Å². The lowest BCUT2D eigenvalue weighted by Crippen LogP contribution is -2.48. The van der Waals surface area contributed by atoms with E-state index >= 15 is 0 Å². The van der Waals surface area contributed by atoms with Gasteiger partial charge in [-0.15, -0.1) is 0 Å². The molecule has 1 fully saturated rings. The van der Waals surface area contributed by atoms with E-state index in [2.05, 4.69) is 17.3 Å². The van der Waals surface area contributed by atoms with Crippen LogP contribution in [0.25, 0.3) is 0 Å². The highest BCUT2D eigenvalue weighted by Crippen LogP contribution is 2.28. The fourth-order valence-electron chi connectivity index (χ4n) is 2.64. The van der Waals surface area contributed by atoms with Gasteiger partial charge in [-0.1, -0.05) is 0 Å². The molecule has 1 aliphatic heterocycles. The molecule has 1 aliphatic rings. The van der Waals surface area contributed by atoms with Crippen LogP contribution < -0.4 is 5.32 Å². The summed E-state index contributed by atoms with van der Waals surface area (Å²) in [7, 11) is 4.12. The average Bonchev–Trinajstić information content (AvgIpc) is 2.36. The van der Waals surface area contributed by atoms with Crippen molar-refractivity contribution in [3.63, 3.8) is 0 Å². The van der Waals surface area contributed by atoms with Crippen LogP contribution in [0.15, 0.2) is 0 Å². The predicted octanol–water partition coefficient (Wildman–Crippen LogP) is -0.0567. The number of rotatable bonds is 9. The first kappa shape index (κ1) is 15.9. The van der Waals surface area contributed by atoms with Crippen LogP contribution in [-0.4, -0.2) is 76.8 Å². The highest BCUT2D eigenvalue weighted by atomic mass is 16.5. The van der Waals surface area contributed by atoms with Gasteiger partial charge in [0.05, 0.1) is 26.4 Å². The molecule has 0 saturated carbocycles. The third-order valence-electron chi connectivity index (χ3n) is 3.41. The van der Waals surface area contributed by atoms with Crippen molar-refractivity contribution in [3.8, 4) is 0 Å². The summed E-state index contributed by atoms with van der Waals surface area (Å²) in [6.07, 6.45) is 2.37. The molecule has 1 heterocycles. The average molecular weight is 260 g/mol. The maximum absolute atomic E-state index is 8.64. The fourth-order valence-corrected chi connectivity index (χ4v) is 2.64. The first-order valence-electron chi connectivity index (χ1n) is 6.82. The Morgan fingerprint density at radius 3 is 2.89 bits per heavy atom. The standard InChI is InChI=1S/C13H28N2O3/c1-14-10-13(4-3-7-18-12-13)11-15(2)5-8-17-9-6-16/h14,16H,3-12H2,1-2H3. The third kappa shape index (κ3) is 5.63.